The summed E-state index contributed by atoms with van der Waals surface area (Å²) in [6.45, 7) is 6.51. The SMILES string of the molecule is Cc1cccc(C)c1CNCC1(N(C)C)CCC1. The van der Waals surface area contributed by atoms with Crippen LogP contribution >= 0.6 is 0 Å². The van der Waals surface area contributed by atoms with Gasteiger partial charge in [-0.05, 0) is 63.9 Å². The minimum Gasteiger partial charge on any atom is -0.311 e. The second-order valence-corrected chi connectivity index (χ2v) is 5.95. The highest BCUT2D eigenvalue weighted by molar-refractivity contribution is 5.33. The standard InChI is InChI=1S/C16H26N2/c1-13-7-5-8-14(2)15(13)11-17-12-16(18(3)4)9-6-10-16/h5,7-8,17H,6,9-12H2,1-4H3. The van der Waals surface area contributed by atoms with Crippen molar-refractivity contribution in [1.82, 2.24) is 10.2 Å². The minimum atomic E-state index is 0.413. The molecule has 1 aromatic carbocycles. The smallest absolute Gasteiger partial charge is 0.0328 e. The van der Waals surface area contributed by atoms with E-state index in [2.05, 4.69) is 56.4 Å². The lowest BCUT2D eigenvalue weighted by Crippen LogP contribution is -2.56. The zero-order valence-corrected chi connectivity index (χ0v) is 12.2. The van der Waals surface area contributed by atoms with E-state index in [1.54, 1.807) is 0 Å². The fourth-order valence-electron chi connectivity index (χ4n) is 2.91. The fraction of sp³-hybridized carbons (Fsp3) is 0.625. The van der Waals surface area contributed by atoms with Crippen LogP contribution in [0.15, 0.2) is 18.2 Å². The van der Waals surface area contributed by atoms with Crippen LogP contribution < -0.4 is 5.32 Å². The van der Waals surface area contributed by atoms with Crippen molar-refractivity contribution < 1.29 is 0 Å². The van der Waals surface area contributed by atoms with E-state index in [1.807, 2.05) is 0 Å². The largest absolute Gasteiger partial charge is 0.311 e. The Morgan fingerprint density at radius 1 is 1.17 bits per heavy atom. The first-order valence-corrected chi connectivity index (χ1v) is 6.98. The zero-order chi connectivity index (χ0) is 13.2. The van der Waals surface area contributed by atoms with Crippen molar-refractivity contribution >= 4 is 0 Å². The lowest BCUT2D eigenvalue weighted by molar-refractivity contribution is 0.0598. The van der Waals surface area contributed by atoms with E-state index in [1.165, 1.54) is 36.0 Å². The molecule has 0 radical (unpaired) electrons. The van der Waals surface area contributed by atoms with E-state index in [0.717, 1.165) is 13.1 Å². The Labute approximate surface area is 111 Å². The van der Waals surface area contributed by atoms with Crippen LogP contribution in [0.2, 0.25) is 0 Å². The summed E-state index contributed by atoms with van der Waals surface area (Å²) < 4.78 is 0. The third-order valence-electron chi connectivity index (χ3n) is 4.63. The molecule has 2 rings (SSSR count). The van der Waals surface area contributed by atoms with Crippen molar-refractivity contribution in [2.24, 2.45) is 0 Å². The van der Waals surface area contributed by atoms with Crippen molar-refractivity contribution in [1.29, 1.82) is 0 Å². The molecule has 1 aliphatic carbocycles. The van der Waals surface area contributed by atoms with Crippen LogP contribution in [0.5, 0.6) is 0 Å². The summed E-state index contributed by atoms with van der Waals surface area (Å²) in [5.74, 6) is 0. The molecule has 0 saturated heterocycles. The monoisotopic (exact) mass is 246 g/mol. The molecule has 2 heteroatoms. The summed E-state index contributed by atoms with van der Waals surface area (Å²) >= 11 is 0. The van der Waals surface area contributed by atoms with Gasteiger partial charge in [0.2, 0.25) is 0 Å². The van der Waals surface area contributed by atoms with Gasteiger partial charge < -0.3 is 10.2 Å². The maximum Gasteiger partial charge on any atom is 0.0328 e. The average molecular weight is 246 g/mol. The van der Waals surface area contributed by atoms with Crippen LogP contribution in [0.1, 0.15) is 36.0 Å². The lowest BCUT2D eigenvalue weighted by Gasteiger charge is -2.47. The molecule has 0 amide bonds. The predicted molar refractivity (Wildman–Crippen MR) is 77.9 cm³/mol. The maximum absolute atomic E-state index is 3.67. The molecule has 0 heterocycles. The van der Waals surface area contributed by atoms with E-state index in [-0.39, 0.29) is 0 Å². The summed E-state index contributed by atoms with van der Waals surface area (Å²) in [6.07, 6.45) is 4.04. The molecule has 0 bridgehead atoms. The highest BCUT2D eigenvalue weighted by Gasteiger charge is 2.38. The van der Waals surface area contributed by atoms with Crippen molar-refractivity contribution in [2.75, 3.05) is 20.6 Å². The molecule has 0 unspecified atom stereocenters. The van der Waals surface area contributed by atoms with E-state index < -0.39 is 0 Å². The van der Waals surface area contributed by atoms with Gasteiger partial charge in [-0.25, -0.2) is 0 Å². The number of hydrogen-bond acceptors (Lipinski definition) is 2. The van der Waals surface area contributed by atoms with E-state index in [9.17, 15) is 0 Å². The number of hydrogen-bond donors (Lipinski definition) is 1. The van der Waals surface area contributed by atoms with Crippen LogP contribution in [0, 0.1) is 13.8 Å². The molecule has 2 nitrogen and oxygen atoms in total. The molecule has 0 spiro atoms. The highest BCUT2D eigenvalue weighted by atomic mass is 15.2. The summed E-state index contributed by atoms with van der Waals surface area (Å²) in [6, 6.07) is 6.55. The van der Waals surface area contributed by atoms with Gasteiger partial charge in [0, 0.05) is 18.6 Å². The normalized spacial score (nSPS) is 17.8. The van der Waals surface area contributed by atoms with E-state index in [4.69, 9.17) is 0 Å². The Balaban J connectivity index is 1.92. The maximum atomic E-state index is 3.67. The molecular weight excluding hydrogens is 220 g/mol. The molecule has 1 aromatic rings. The molecule has 1 fully saturated rings. The van der Waals surface area contributed by atoms with Crippen LogP contribution in [-0.2, 0) is 6.54 Å². The Hall–Kier alpha value is -0.860. The van der Waals surface area contributed by atoms with Crippen LogP contribution in [0.3, 0.4) is 0 Å². The second-order valence-electron chi connectivity index (χ2n) is 5.95. The first kappa shape index (κ1) is 13.6. The summed E-state index contributed by atoms with van der Waals surface area (Å²) in [5, 5.41) is 3.67. The highest BCUT2D eigenvalue weighted by Crippen LogP contribution is 2.35. The molecule has 18 heavy (non-hydrogen) atoms. The Kier molecular flexibility index (Phi) is 4.08. The molecule has 1 saturated carbocycles. The van der Waals surface area contributed by atoms with Gasteiger partial charge in [-0.3, -0.25) is 0 Å². The number of rotatable bonds is 5. The van der Waals surface area contributed by atoms with Crippen molar-refractivity contribution in [3.63, 3.8) is 0 Å². The van der Waals surface area contributed by atoms with Gasteiger partial charge in [-0.2, -0.15) is 0 Å². The Morgan fingerprint density at radius 3 is 2.22 bits per heavy atom. The van der Waals surface area contributed by atoms with Crippen LogP contribution in [0.25, 0.3) is 0 Å². The number of likely N-dealkylation sites (N-methyl/N-ethyl adjacent to an activating group) is 1. The molecule has 1 aliphatic rings. The van der Waals surface area contributed by atoms with E-state index >= 15 is 0 Å². The first-order chi connectivity index (χ1) is 8.55. The first-order valence-electron chi connectivity index (χ1n) is 6.98. The number of nitrogens with zero attached hydrogens (tertiary/aromatic N) is 1. The van der Waals surface area contributed by atoms with E-state index in [0.29, 0.717) is 5.54 Å². The van der Waals surface area contributed by atoms with Crippen molar-refractivity contribution in [3.05, 3.63) is 34.9 Å². The van der Waals surface area contributed by atoms with Gasteiger partial charge in [-0.15, -0.1) is 0 Å². The van der Waals surface area contributed by atoms with Crippen LogP contribution in [-0.4, -0.2) is 31.1 Å². The lowest BCUT2D eigenvalue weighted by atomic mass is 9.75. The summed E-state index contributed by atoms with van der Waals surface area (Å²) in [5.41, 5.74) is 4.67. The molecule has 0 atom stereocenters. The summed E-state index contributed by atoms with van der Waals surface area (Å²) in [7, 11) is 4.42. The van der Waals surface area contributed by atoms with Crippen molar-refractivity contribution in [2.45, 2.75) is 45.2 Å². The fourth-order valence-corrected chi connectivity index (χ4v) is 2.91. The third-order valence-corrected chi connectivity index (χ3v) is 4.63. The van der Waals surface area contributed by atoms with Gasteiger partial charge in [0.05, 0.1) is 0 Å². The van der Waals surface area contributed by atoms with Gasteiger partial charge in [-0.1, -0.05) is 18.2 Å². The van der Waals surface area contributed by atoms with Gasteiger partial charge in [0.1, 0.15) is 0 Å². The number of nitrogens with one attached hydrogen (secondary N) is 1. The quantitative estimate of drug-likeness (QED) is 0.859. The van der Waals surface area contributed by atoms with Gasteiger partial charge in [0.25, 0.3) is 0 Å². The van der Waals surface area contributed by atoms with Crippen LogP contribution in [0.4, 0.5) is 0 Å². The topological polar surface area (TPSA) is 15.3 Å². The van der Waals surface area contributed by atoms with Gasteiger partial charge in [0.15, 0.2) is 0 Å². The number of aryl methyl sites for hydroxylation is 2. The minimum absolute atomic E-state index is 0.413. The van der Waals surface area contributed by atoms with Gasteiger partial charge >= 0.3 is 0 Å². The molecular formula is C16H26N2. The number of benzene rings is 1. The summed E-state index contributed by atoms with van der Waals surface area (Å²) in [4.78, 5) is 2.40. The van der Waals surface area contributed by atoms with Crippen molar-refractivity contribution in [3.8, 4) is 0 Å². The third kappa shape index (κ3) is 2.60. The Bertz CT molecular complexity index is 385. The molecule has 0 aromatic heterocycles. The zero-order valence-electron chi connectivity index (χ0n) is 12.2. The molecule has 1 N–H and O–H groups in total. The Morgan fingerprint density at radius 2 is 1.78 bits per heavy atom. The molecule has 100 valence electrons. The predicted octanol–water partition coefficient (Wildman–Crippen LogP) is 2.88. The average Bonchev–Trinajstić information content (AvgIpc) is 2.24. The second kappa shape index (κ2) is 5.41. The molecule has 0 aliphatic heterocycles.